The number of fused-ring (bicyclic) bond motifs is 1. The number of aromatic amines is 1. The molecule has 4 heteroatoms. The summed E-state index contributed by atoms with van der Waals surface area (Å²) < 4.78 is 5.60. The van der Waals surface area contributed by atoms with Gasteiger partial charge in [-0.25, -0.2) is 0 Å². The highest BCUT2D eigenvalue weighted by molar-refractivity contribution is 5.86. The second-order valence-corrected chi connectivity index (χ2v) is 7.28. The first-order valence-corrected chi connectivity index (χ1v) is 9.31. The first-order valence-electron chi connectivity index (χ1n) is 9.31. The van der Waals surface area contributed by atoms with Crippen molar-refractivity contribution >= 4 is 16.6 Å². The maximum absolute atomic E-state index is 5.60. The minimum absolute atomic E-state index is 0.241. The van der Waals surface area contributed by atoms with Gasteiger partial charge in [0.15, 0.2) is 0 Å². The van der Waals surface area contributed by atoms with Crippen molar-refractivity contribution in [1.29, 1.82) is 0 Å². The summed E-state index contributed by atoms with van der Waals surface area (Å²) in [5, 5.41) is 1.32. The van der Waals surface area contributed by atoms with Gasteiger partial charge >= 0.3 is 0 Å². The zero-order chi connectivity index (χ0) is 18.1. The van der Waals surface area contributed by atoms with Crippen molar-refractivity contribution in [2.24, 2.45) is 0 Å². The van der Waals surface area contributed by atoms with Crippen LogP contribution in [-0.2, 0) is 4.74 Å². The lowest BCUT2D eigenvalue weighted by molar-refractivity contribution is 0.0242. The molecule has 1 N–H and O–H groups in total. The molecule has 3 aromatic rings. The van der Waals surface area contributed by atoms with Crippen LogP contribution in [0.15, 0.2) is 48.7 Å². The van der Waals surface area contributed by atoms with Gasteiger partial charge in [-0.2, -0.15) is 0 Å². The smallest absolute Gasteiger partial charge is 0.0624 e. The van der Waals surface area contributed by atoms with Gasteiger partial charge in [-0.05, 0) is 35.7 Å². The molecule has 0 amide bonds. The monoisotopic (exact) mass is 349 g/mol. The van der Waals surface area contributed by atoms with Crippen LogP contribution in [0.4, 0.5) is 5.69 Å². The quantitative estimate of drug-likeness (QED) is 0.773. The largest absolute Gasteiger partial charge is 0.379 e. The molecule has 136 valence electrons. The van der Waals surface area contributed by atoms with E-state index in [0.717, 1.165) is 26.3 Å². The summed E-state index contributed by atoms with van der Waals surface area (Å²) in [5.74, 6) is 0. The molecule has 0 bridgehead atoms. The number of hydrogen-bond acceptors (Lipinski definition) is 3. The number of nitrogens with one attached hydrogen (secondary N) is 1. The fourth-order valence-corrected chi connectivity index (χ4v) is 3.93. The Bertz CT molecular complexity index is 876. The van der Waals surface area contributed by atoms with Crippen molar-refractivity contribution in [3.8, 4) is 0 Å². The number of H-pyrrole nitrogens is 1. The summed E-state index contributed by atoms with van der Waals surface area (Å²) in [7, 11) is 4.16. The highest BCUT2D eigenvalue weighted by Crippen LogP contribution is 2.35. The predicted octanol–water partition coefficient (Wildman–Crippen LogP) is 3.96. The van der Waals surface area contributed by atoms with Crippen molar-refractivity contribution in [1.82, 2.24) is 9.88 Å². The van der Waals surface area contributed by atoms with Crippen LogP contribution in [0.25, 0.3) is 10.9 Å². The van der Waals surface area contributed by atoms with Crippen molar-refractivity contribution in [3.05, 3.63) is 65.4 Å². The van der Waals surface area contributed by atoms with Gasteiger partial charge in [0.05, 0.1) is 19.3 Å². The Balaban J connectivity index is 1.81. The van der Waals surface area contributed by atoms with Gasteiger partial charge in [-0.3, -0.25) is 4.90 Å². The lowest BCUT2D eigenvalue weighted by Crippen LogP contribution is -2.39. The van der Waals surface area contributed by atoms with E-state index in [1.807, 2.05) is 0 Å². The number of benzene rings is 2. The molecule has 1 saturated heterocycles. The molecule has 0 saturated carbocycles. The molecule has 0 spiro atoms. The van der Waals surface area contributed by atoms with Crippen molar-refractivity contribution in [3.63, 3.8) is 0 Å². The molecule has 1 atom stereocenters. The normalized spacial score (nSPS) is 16.7. The van der Waals surface area contributed by atoms with Gasteiger partial charge in [0.1, 0.15) is 0 Å². The summed E-state index contributed by atoms with van der Waals surface area (Å²) in [5.41, 5.74) is 6.44. The summed E-state index contributed by atoms with van der Waals surface area (Å²) >= 11 is 0. The van der Waals surface area contributed by atoms with E-state index in [2.05, 4.69) is 84.5 Å². The Morgan fingerprint density at radius 1 is 1.04 bits per heavy atom. The van der Waals surface area contributed by atoms with Crippen LogP contribution < -0.4 is 4.90 Å². The summed E-state index contributed by atoms with van der Waals surface area (Å²) in [6, 6.07) is 15.7. The van der Waals surface area contributed by atoms with Crippen molar-refractivity contribution in [2.75, 3.05) is 45.3 Å². The average molecular weight is 349 g/mol. The van der Waals surface area contributed by atoms with Gasteiger partial charge in [0.2, 0.25) is 0 Å². The van der Waals surface area contributed by atoms with Crippen LogP contribution in [-0.4, -0.2) is 50.3 Å². The Morgan fingerprint density at radius 2 is 1.77 bits per heavy atom. The number of nitrogens with zero attached hydrogens (tertiary/aromatic N) is 2. The van der Waals surface area contributed by atoms with E-state index >= 15 is 0 Å². The van der Waals surface area contributed by atoms with Crippen LogP contribution in [0.1, 0.15) is 22.7 Å². The zero-order valence-corrected chi connectivity index (χ0v) is 15.8. The SMILES string of the molecule is Cc1cccc2c(C(c3ccc(N(C)C)cc3)N3CCOCC3)c[nH]c12. The second-order valence-electron chi connectivity index (χ2n) is 7.28. The molecule has 26 heavy (non-hydrogen) atoms. The first-order chi connectivity index (χ1) is 12.6. The Labute approximate surface area is 155 Å². The van der Waals surface area contributed by atoms with Gasteiger partial charge < -0.3 is 14.6 Å². The maximum atomic E-state index is 5.60. The number of para-hydroxylation sites is 1. The second kappa shape index (κ2) is 7.14. The van der Waals surface area contributed by atoms with Crippen LogP contribution in [0.3, 0.4) is 0 Å². The number of ether oxygens (including phenoxy) is 1. The molecule has 1 fully saturated rings. The van der Waals surface area contributed by atoms with Crippen LogP contribution in [0, 0.1) is 6.92 Å². The van der Waals surface area contributed by atoms with Gasteiger partial charge in [0.25, 0.3) is 0 Å². The van der Waals surface area contributed by atoms with Crippen molar-refractivity contribution in [2.45, 2.75) is 13.0 Å². The number of rotatable bonds is 4. The first kappa shape index (κ1) is 17.1. The highest BCUT2D eigenvalue weighted by Gasteiger charge is 2.26. The van der Waals surface area contributed by atoms with E-state index < -0.39 is 0 Å². The Kier molecular flexibility index (Phi) is 4.70. The molecule has 1 unspecified atom stereocenters. The predicted molar refractivity (Wildman–Crippen MR) is 108 cm³/mol. The molecule has 1 aliphatic rings. The van der Waals surface area contributed by atoms with E-state index in [-0.39, 0.29) is 6.04 Å². The van der Waals surface area contributed by atoms with Gasteiger partial charge in [-0.15, -0.1) is 0 Å². The lowest BCUT2D eigenvalue weighted by atomic mass is 9.95. The number of morpholine rings is 1. The Hall–Kier alpha value is -2.30. The van der Waals surface area contributed by atoms with Gasteiger partial charge in [0, 0.05) is 50.0 Å². The summed E-state index contributed by atoms with van der Waals surface area (Å²) in [4.78, 5) is 8.19. The molecule has 0 radical (unpaired) electrons. The molecule has 0 aliphatic carbocycles. The third kappa shape index (κ3) is 3.11. The van der Waals surface area contributed by atoms with Gasteiger partial charge in [-0.1, -0.05) is 30.3 Å². The molecule has 4 rings (SSSR count). The van der Waals surface area contributed by atoms with Crippen LogP contribution >= 0.6 is 0 Å². The van der Waals surface area contributed by atoms with E-state index in [4.69, 9.17) is 4.74 Å². The minimum atomic E-state index is 0.241. The number of anilines is 1. The Morgan fingerprint density at radius 3 is 2.46 bits per heavy atom. The minimum Gasteiger partial charge on any atom is -0.379 e. The van der Waals surface area contributed by atoms with E-state index in [1.54, 1.807) is 0 Å². The fraction of sp³-hybridized carbons (Fsp3) is 0.364. The third-order valence-corrected chi connectivity index (χ3v) is 5.39. The summed E-state index contributed by atoms with van der Waals surface area (Å²) in [6.45, 7) is 5.68. The number of aromatic nitrogens is 1. The number of aryl methyl sites for hydroxylation is 1. The van der Waals surface area contributed by atoms with E-state index in [1.165, 1.54) is 33.3 Å². The maximum Gasteiger partial charge on any atom is 0.0624 e. The van der Waals surface area contributed by atoms with E-state index in [9.17, 15) is 0 Å². The lowest BCUT2D eigenvalue weighted by Gasteiger charge is -2.35. The zero-order valence-electron chi connectivity index (χ0n) is 15.8. The standard InChI is InChI=1S/C22H27N3O/c1-16-5-4-6-19-20(15-23-21(16)19)22(25-11-13-26-14-12-25)17-7-9-18(10-8-17)24(2)3/h4-10,15,22-23H,11-14H2,1-3H3. The molecular formula is C22H27N3O. The molecule has 2 heterocycles. The molecule has 2 aromatic carbocycles. The molecule has 4 nitrogen and oxygen atoms in total. The average Bonchev–Trinajstić information content (AvgIpc) is 3.09. The fourth-order valence-electron chi connectivity index (χ4n) is 3.93. The van der Waals surface area contributed by atoms with Crippen molar-refractivity contribution < 1.29 is 4.74 Å². The topological polar surface area (TPSA) is 31.5 Å². The molecule has 1 aliphatic heterocycles. The van der Waals surface area contributed by atoms with E-state index in [0.29, 0.717) is 0 Å². The third-order valence-electron chi connectivity index (χ3n) is 5.39. The highest BCUT2D eigenvalue weighted by atomic mass is 16.5. The molecular weight excluding hydrogens is 322 g/mol. The van der Waals surface area contributed by atoms with Crippen LogP contribution in [0.5, 0.6) is 0 Å². The molecule has 1 aromatic heterocycles. The number of hydrogen-bond donors (Lipinski definition) is 1. The summed E-state index contributed by atoms with van der Waals surface area (Å²) in [6.07, 6.45) is 2.19. The van der Waals surface area contributed by atoms with Crippen LogP contribution in [0.2, 0.25) is 0 Å².